The summed E-state index contributed by atoms with van der Waals surface area (Å²) in [6.45, 7) is 0.636. The van der Waals surface area contributed by atoms with Gasteiger partial charge in [0.05, 0.1) is 11.9 Å². The highest BCUT2D eigenvalue weighted by molar-refractivity contribution is 7.99. The van der Waals surface area contributed by atoms with Crippen molar-refractivity contribution in [2.75, 3.05) is 33.5 Å². The molecule has 0 radical (unpaired) electrons. The Balaban J connectivity index is 1.53. The molecule has 2 N–H and O–H groups in total. The Bertz CT molecular complexity index is 975. The molecule has 0 saturated heterocycles. The second-order valence-corrected chi connectivity index (χ2v) is 9.25. The fourth-order valence-corrected chi connectivity index (χ4v) is 4.40. The maximum Gasteiger partial charge on any atom is 0.229 e. The van der Waals surface area contributed by atoms with E-state index in [0.29, 0.717) is 17.9 Å². The summed E-state index contributed by atoms with van der Waals surface area (Å²) in [5, 5.41) is 2.72. The molecule has 0 bridgehead atoms. The summed E-state index contributed by atoms with van der Waals surface area (Å²) in [4.78, 5) is 27.5. The van der Waals surface area contributed by atoms with Gasteiger partial charge in [-0.1, -0.05) is 12.1 Å². The predicted molar refractivity (Wildman–Crippen MR) is 112 cm³/mol. The van der Waals surface area contributed by atoms with Gasteiger partial charge < -0.3 is 10.2 Å². The number of sulfonamides is 1. The average Bonchev–Trinajstić information content (AvgIpc) is 2.66. The third kappa shape index (κ3) is 5.49. The van der Waals surface area contributed by atoms with Crippen molar-refractivity contribution in [3.63, 3.8) is 0 Å². The quantitative estimate of drug-likeness (QED) is 0.751. The van der Waals surface area contributed by atoms with Crippen molar-refractivity contribution in [3.05, 3.63) is 48.5 Å². The highest BCUT2D eigenvalue weighted by Crippen LogP contribution is 2.34. The minimum Gasteiger partial charge on any atom is -0.326 e. The molecule has 0 atom stereocenters. The molecule has 0 saturated carbocycles. The number of rotatable bonds is 6. The largest absolute Gasteiger partial charge is 0.326 e. The molecule has 2 aromatic carbocycles. The van der Waals surface area contributed by atoms with Crippen molar-refractivity contribution >= 4 is 50.7 Å². The zero-order valence-corrected chi connectivity index (χ0v) is 17.0. The van der Waals surface area contributed by atoms with Crippen LogP contribution in [-0.2, 0) is 19.6 Å². The van der Waals surface area contributed by atoms with Crippen LogP contribution < -0.4 is 14.9 Å². The normalized spacial score (nSPS) is 13.5. The number of hydrogen-bond donors (Lipinski definition) is 2. The SMILES string of the molecule is CS(=O)(=O)Nc1ccc(NC(=O)CCC(=O)N2CCSc3ccccc32)cc1. The van der Waals surface area contributed by atoms with Gasteiger partial charge in [0.25, 0.3) is 0 Å². The summed E-state index contributed by atoms with van der Waals surface area (Å²) >= 11 is 1.72. The summed E-state index contributed by atoms with van der Waals surface area (Å²) in [7, 11) is -3.34. The molecule has 0 spiro atoms. The molecule has 1 aliphatic rings. The molecule has 9 heteroatoms. The van der Waals surface area contributed by atoms with E-state index in [-0.39, 0.29) is 24.7 Å². The minimum atomic E-state index is -3.34. The van der Waals surface area contributed by atoms with Gasteiger partial charge in [0, 0.05) is 41.4 Å². The second-order valence-electron chi connectivity index (χ2n) is 6.36. The topological polar surface area (TPSA) is 95.6 Å². The van der Waals surface area contributed by atoms with Crippen LogP contribution in [-0.4, -0.2) is 38.8 Å². The number of amides is 2. The lowest BCUT2D eigenvalue weighted by molar-refractivity contribution is -0.122. The molecule has 2 amide bonds. The van der Waals surface area contributed by atoms with Gasteiger partial charge in [-0.05, 0) is 36.4 Å². The maximum atomic E-state index is 12.6. The number of fused-ring (bicyclic) bond motifs is 1. The fourth-order valence-electron chi connectivity index (χ4n) is 2.84. The lowest BCUT2D eigenvalue weighted by Gasteiger charge is -2.29. The van der Waals surface area contributed by atoms with Gasteiger partial charge in [0.1, 0.15) is 0 Å². The Kier molecular flexibility index (Phi) is 6.25. The predicted octanol–water partition coefficient (Wildman–Crippen LogP) is 2.92. The number of nitrogens with zero attached hydrogens (tertiary/aromatic N) is 1. The van der Waals surface area contributed by atoms with E-state index in [1.54, 1.807) is 40.9 Å². The van der Waals surface area contributed by atoms with E-state index >= 15 is 0 Å². The molecular weight excluding hydrogens is 398 g/mol. The summed E-state index contributed by atoms with van der Waals surface area (Å²) in [6.07, 6.45) is 1.27. The first kappa shape index (κ1) is 20.2. The van der Waals surface area contributed by atoms with Crippen LogP contribution in [0.4, 0.5) is 17.1 Å². The second kappa shape index (κ2) is 8.66. The monoisotopic (exact) mass is 419 g/mol. The van der Waals surface area contributed by atoms with Crippen molar-refractivity contribution in [2.24, 2.45) is 0 Å². The number of benzene rings is 2. The lowest BCUT2D eigenvalue weighted by Crippen LogP contribution is -2.35. The fraction of sp³-hybridized carbons (Fsp3) is 0.263. The molecule has 0 fully saturated rings. The first-order valence-corrected chi connectivity index (χ1v) is 11.6. The van der Waals surface area contributed by atoms with Crippen molar-refractivity contribution in [3.8, 4) is 0 Å². The van der Waals surface area contributed by atoms with Gasteiger partial charge in [-0.2, -0.15) is 0 Å². The summed E-state index contributed by atoms with van der Waals surface area (Å²) in [6, 6.07) is 14.1. The van der Waals surface area contributed by atoms with Gasteiger partial charge in [0.15, 0.2) is 0 Å². The van der Waals surface area contributed by atoms with Crippen LogP contribution in [0.1, 0.15) is 12.8 Å². The summed E-state index contributed by atoms with van der Waals surface area (Å²) in [5.74, 6) is 0.496. The third-order valence-corrected chi connectivity index (χ3v) is 5.72. The standard InChI is InChI=1S/C19H21N3O4S2/c1-28(25,26)21-15-8-6-14(7-9-15)20-18(23)10-11-19(24)22-12-13-27-17-5-3-2-4-16(17)22/h2-9,21H,10-13H2,1H3,(H,20,23). The average molecular weight is 420 g/mol. The van der Waals surface area contributed by atoms with Crippen LogP contribution in [0.2, 0.25) is 0 Å². The molecule has 1 aliphatic heterocycles. The van der Waals surface area contributed by atoms with Crippen molar-refractivity contribution in [1.82, 2.24) is 0 Å². The maximum absolute atomic E-state index is 12.6. The number of para-hydroxylation sites is 1. The highest BCUT2D eigenvalue weighted by Gasteiger charge is 2.22. The van der Waals surface area contributed by atoms with E-state index in [1.165, 1.54) is 0 Å². The van der Waals surface area contributed by atoms with E-state index < -0.39 is 10.0 Å². The van der Waals surface area contributed by atoms with Crippen LogP contribution in [0.15, 0.2) is 53.4 Å². The zero-order chi connectivity index (χ0) is 20.1. The van der Waals surface area contributed by atoms with E-state index in [1.807, 2.05) is 24.3 Å². The van der Waals surface area contributed by atoms with Gasteiger partial charge in [-0.25, -0.2) is 8.42 Å². The first-order valence-electron chi connectivity index (χ1n) is 8.72. The Morgan fingerprint density at radius 1 is 1.04 bits per heavy atom. The van der Waals surface area contributed by atoms with Crippen molar-refractivity contribution in [1.29, 1.82) is 0 Å². The first-order chi connectivity index (χ1) is 13.3. The smallest absolute Gasteiger partial charge is 0.229 e. The molecule has 0 aromatic heterocycles. The van der Waals surface area contributed by atoms with Crippen LogP contribution in [0.3, 0.4) is 0 Å². The third-order valence-electron chi connectivity index (χ3n) is 4.07. The molecule has 0 aliphatic carbocycles. The summed E-state index contributed by atoms with van der Waals surface area (Å²) in [5.41, 5.74) is 1.85. The van der Waals surface area contributed by atoms with Crippen LogP contribution in [0.5, 0.6) is 0 Å². The molecule has 0 unspecified atom stereocenters. The molecule has 3 rings (SSSR count). The lowest BCUT2D eigenvalue weighted by atomic mass is 10.2. The van der Waals surface area contributed by atoms with Gasteiger partial charge in [0.2, 0.25) is 21.8 Å². The number of thioether (sulfide) groups is 1. The van der Waals surface area contributed by atoms with E-state index in [0.717, 1.165) is 22.6 Å². The number of carbonyl (C=O) groups is 2. The minimum absolute atomic E-state index is 0.0735. The van der Waals surface area contributed by atoms with Gasteiger partial charge in [-0.3, -0.25) is 14.3 Å². The number of anilines is 3. The molecule has 2 aromatic rings. The molecule has 148 valence electrons. The van der Waals surface area contributed by atoms with Crippen LogP contribution >= 0.6 is 11.8 Å². The van der Waals surface area contributed by atoms with Crippen LogP contribution in [0, 0.1) is 0 Å². The number of hydrogen-bond acceptors (Lipinski definition) is 5. The number of nitrogens with one attached hydrogen (secondary N) is 2. The van der Waals surface area contributed by atoms with Crippen molar-refractivity contribution in [2.45, 2.75) is 17.7 Å². The van der Waals surface area contributed by atoms with Crippen LogP contribution in [0.25, 0.3) is 0 Å². The van der Waals surface area contributed by atoms with E-state index in [2.05, 4.69) is 10.0 Å². The van der Waals surface area contributed by atoms with E-state index in [9.17, 15) is 18.0 Å². The number of carbonyl (C=O) groups excluding carboxylic acids is 2. The molecule has 28 heavy (non-hydrogen) atoms. The van der Waals surface area contributed by atoms with Gasteiger partial charge in [-0.15, -0.1) is 11.8 Å². The Labute approximate surface area is 168 Å². The summed E-state index contributed by atoms with van der Waals surface area (Å²) < 4.78 is 24.8. The molecular formula is C19H21N3O4S2. The van der Waals surface area contributed by atoms with E-state index in [4.69, 9.17) is 0 Å². The molecule has 1 heterocycles. The highest BCUT2D eigenvalue weighted by atomic mass is 32.2. The van der Waals surface area contributed by atoms with Crippen molar-refractivity contribution < 1.29 is 18.0 Å². The Morgan fingerprint density at radius 2 is 1.71 bits per heavy atom. The Hall–Kier alpha value is -2.52. The Morgan fingerprint density at radius 3 is 2.43 bits per heavy atom. The van der Waals surface area contributed by atoms with Gasteiger partial charge >= 0.3 is 0 Å². The zero-order valence-electron chi connectivity index (χ0n) is 15.3. The molecule has 7 nitrogen and oxygen atoms in total.